The zero-order valence-corrected chi connectivity index (χ0v) is 12.9. The number of hydrogen-bond acceptors (Lipinski definition) is 2. The quantitative estimate of drug-likeness (QED) is 0.842. The minimum Gasteiger partial charge on any atom is -0.339 e. The third-order valence-electron chi connectivity index (χ3n) is 5.89. The maximum atomic E-state index is 12.8. The highest BCUT2D eigenvalue weighted by atomic mass is 16.2. The molecular formula is C17H30N2O. The number of carbonyl (C=O) groups excluding carboxylic acids is 1. The first kappa shape index (κ1) is 14.4. The van der Waals surface area contributed by atoms with E-state index in [0.29, 0.717) is 23.9 Å². The summed E-state index contributed by atoms with van der Waals surface area (Å²) in [5.74, 6) is 1.88. The molecule has 2 unspecified atom stereocenters. The topological polar surface area (TPSA) is 32.3 Å². The molecule has 2 heterocycles. The molecule has 0 aromatic heterocycles. The Morgan fingerprint density at radius 3 is 2.75 bits per heavy atom. The van der Waals surface area contributed by atoms with Crippen LogP contribution in [0.25, 0.3) is 0 Å². The first-order valence-corrected chi connectivity index (χ1v) is 8.78. The van der Waals surface area contributed by atoms with Crippen molar-refractivity contribution >= 4 is 5.91 Å². The molecule has 0 bridgehead atoms. The van der Waals surface area contributed by atoms with Gasteiger partial charge in [0, 0.05) is 25.0 Å². The Labute approximate surface area is 123 Å². The van der Waals surface area contributed by atoms with Crippen molar-refractivity contribution in [2.24, 2.45) is 11.8 Å². The van der Waals surface area contributed by atoms with Crippen LogP contribution < -0.4 is 5.32 Å². The predicted molar refractivity (Wildman–Crippen MR) is 81.5 cm³/mol. The summed E-state index contributed by atoms with van der Waals surface area (Å²) in [6, 6.07) is 0.990. The summed E-state index contributed by atoms with van der Waals surface area (Å²) in [5.41, 5.74) is 0. The van der Waals surface area contributed by atoms with Gasteiger partial charge in [-0.15, -0.1) is 0 Å². The molecule has 3 heteroatoms. The minimum absolute atomic E-state index is 0.417. The Morgan fingerprint density at radius 1 is 1.10 bits per heavy atom. The molecule has 3 aliphatic rings. The number of carbonyl (C=O) groups is 1. The highest BCUT2D eigenvalue weighted by Crippen LogP contribution is 2.35. The first-order valence-electron chi connectivity index (χ1n) is 8.78. The summed E-state index contributed by atoms with van der Waals surface area (Å²) in [7, 11) is 0. The molecule has 3 nitrogen and oxygen atoms in total. The number of fused-ring (bicyclic) bond motifs is 1. The summed E-state index contributed by atoms with van der Waals surface area (Å²) >= 11 is 0. The molecule has 2 aliphatic heterocycles. The minimum atomic E-state index is 0.417. The zero-order valence-electron chi connectivity index (χ0n) is 12.9. The summed E-state index contributed by atoms with van der Waals surface area (Å²) in [6.07, 6.45) is 11.2. The number of nitrogens with one attached hydrogen (secondary N) is 1. The molecule has 114 valence electrons. The van der Waals surface area contributed by atoms with Crippen LogP contribution in [0.2, 0.25) is 0 Å². The van der Waals surface area contributed by atoms with Crippen LogP contribution in [0, 0.1) is 11.8 Å². The monoisotopic (exact) mass is 278 g/mol. The summed E-state index contributed by atoms with van der Waals surface area (Å²) in [4.78, 5) is 15.0. The zero-order chi connectivity index (χ0) is 13.9. The van der Waals surface area contributed by atoms with Crippen LogP contribution in [-0.2, 0) is 4.79 Å². The summed E-state index contributed by atoms with van der Waals surface area (Å²) < 4.78 is 0. The lowest BCUT2D eigenvalue weighted by Gasteiger charge is -2.45. The molecule has 2 saturated heterocycles. The first-order chi connectivity index (χ1) is 9.75. The van der Waals surface area contributed by atoms with E-state index in [-0.39, 0.29) is 0 Å². The van der Waals surface area contributed by atoms with Crippen LogP contribution in [0.15, 0.2) is 0 Å². The third-order valence-corrected chi connectivity index (χ3v) is 5.89. The standard InChI is InChI=1S/C17H30N2O/c1-13-6-4-10-18-15(13)12-17(20)19-11-5-8-14-7-2-3-9-16(14)19/h13-16,18H,2-12H2,1H3/t13?,14-,15?,16-/m1/s1. The van der Waals surface area contributed by atoms with Crippen LogP contribution in [0.3, 0.4) is 0 Å². The van der Waals surface area contributed by atoms with Crippen molar-refractivity contribution in [3.63, 3.8) is 0 Å². The number of piperidine rings is 2. The van der Waals surface area contributed by atoms with Gasteiger partial charge in [0.2, 0.25) is 5.91 Å². The average molecular weight is 278 g/mol. The van der Waals surface area contributed by atoms with Crippen LogP contribution in [0.1, 0.15) is 64.7 Å². The number of hydrogen-bond donors (Lipinski definition) is 1. The van der Waals surface area contributed by atoms with E-state index in [2.05, 4.69) is 17.1 Å². The normalized spacial score (nSPS) is 38.4. The molecule has 3 fully saturated rings. The van der Waals surface area contributed by atoms with Gasteiger partial charge in [-0.05, 0) is 56.9 Å². The molecule has 0 aromatic rings. The lowest BCUT2D eigenvalue weighted by atomic mass is 9.78. The van der Waals surface area contributed by atoms with Crippen molar-refractivity contribution < 1.29 is 4.79 Å². The van der Waals surface area contributed by atoms with Gasteiger partial charge in [-0.25, -0.2) is 0 Å². The van der Waals surface area contributed by atoms with Gasteiger partial charge >= 0.3 is 0 Å². The molecule has 0 aromatic carbocycles. The number of nitrogens with zero attached hydrogens (tertiary/aromatic N) is 1. The van der Waals surface area contributed by atoms with E-state index in [4.69, 9.17) is 0 Å². The van der Waals surface area contributed by atoms with E-state index in [1.165, 1.54) is 51.4 Å². The molecule has 0 spiro atoms. The van der Waals surface area contributed by atoms with Gasteiger partial charge < -0.3 is 10.2 Å². The Kier molecular flexibility index (Phi) is 4.65. The molecule has 3 rings (SSSR count). The third kappa shape index (κ3) is 3.03. The van der Waals surface area contributed by atoms with Gasteiger partial charge in [-0.2, -0.15) is 0 Å². The Hall–Kier alpha value is -0.570. The van der Waals surface area contributed by atoms with Crippen molar-refractivity contribution in [2.75, 3.05) is 13.1 Å². The second-order valence-corrected chi connectivity index (χ2v) is 7.23. The van der Waals surface area contributed by atoms with E-state index in [1.807, 2.05) is 0 Å². The van der Waals surface area contributed by atoms with Crippen LogP contribution >= 0.6 is 0 Å². The lowest BCUT2D eigenvalue weighted by molar-refractivity contribution is -0.138. The van der Waals surface area contributed by atoms with E-state index in [1.54, 1.807) is 0 Å². The predicted octanol–water partition coefficient (Wildman–Crippen LogP) is 2.95. The number of likely N-dealkylation sites (tertiary alicyclic amines) is 1. The number of amides is 1. The van der Waals surface area contributed by atoms with Crippen molar-refractivity contribution in [1.29, 1.82) is 0 Å². The average Bonchev–Trinajstić information content (AvgIpc) is 2.49. The molecule has 1 saturated carbocycles. The van der Waals surface area contributed by atoms with Crippen LogP contribution in [-0.4, -0.2) is 36.0 Å². The lowest BCUT2D eigenvalue weighted by Crippen LogP contribution is -2.52. The van der Waals surface area contributed by atoms with Gasteiger partial charge in [0.1, 0.15) is 0 Å². The fourth-order valence-corrected chi connectivity index (χ4v) is 4.63. The van der Waals surface area contributed by atoms with Crippen LogP contribution in [0.5, 0.6) is 0 Å². The Morgan fingerprint density at radius 2 is 1.90 bits per heavy atom. The molecule has 1 N–H and O–H groups in total. The fraction of sp³-hybridized carbons (Fsp3) is 0.941. The van der Waals surface area contributed by atoms with E-state index < -0.39 is 0 Å². The molecule has 20 heavy (non-hydrogen) atoms. The molecule has 4 atom stereocenters. The van der Waals surface area contributed by atoms with Gasteiger partial charge in [0.25, 0.3) is 0 Å². The molecular weight excluding hydrogens is 248 g/mol. The van der Waals surface area contributed by atoms with Crippen molar-refractivity contribution in [3.8, 4) is 0 Å². The maximum Gasteiger partial charge on any atom is 0.224 e. The Bertz CT molecular complexity index is 342. The van der Waals surface area contributed by atoms with Crippen molar-refractivity contribution in [2.45, 2.75) is 76.8 Å². The van der Waals surface area contributed by atoms with E-state index in [0.717, 1.165) is 25.4 Å². The van der Waals surface area contributed by atoms with Gasteiger partial charge in [-0.3, -0.25) is 4.79 Å². The fourth-order valence-electron chi connectivity index (χ4n) is 4.63. The maximum absolute atomic E-state index is 12.8. The second-order valence-electron chi connectivity index (χ2n) is 7.23. The van der Waals surface area contributed by atoms with Gasteiger partial charge in [0.15, 0.2) is 0 Å². The highest BCUT2D eigenvalue weighted by molar-refractivity contribution is 5.77. The van der Waals surface area contributed by atoms with Crippen molar-refractivity contribution in [1.82, 2.24) is 10.2 Å². The molecule has 1 amide bonds. The number of rotatable bonds is 2. The summed E-state index contributed by atoms with van der Waals surface area (Å²) in [5, 5.41) is 3.56. The van der Waals surface area contributed by atoms with Gasteiger partial charge in [0.05, 0.1) is 0 Å². The summed E-state index contributed by atoms with van der Waals surface area (Å²) in [6.45, 7) is 4.40. The molecule has 1 aliphatic carbocycles. The van der Waals surface area contributed by atoms with E-state index in [9.17, 15) is 4.79 Å². The smallest absolute Gasteiger partial charge is 0.224 e. The SMILES string of the molecule is CC1CCCNC1CC(=O)N1CCC[C@H]2CCCC[C@H]21. The van der Waals surface area contributed by atoms with Crippen molar-refractivity contribution in [3.05, 3.63) is 0 Å². The molecule has 0 radical (unpaired) electrons. The van der Waals surface area contributed by atoms with E-state index >= 15 is 0 Å². The van der Waals surface area contributed by atoms with Crippen LogP contribution in [0.4, 0.5) is 0 Å². The highest BCUT2D eigenvalue weighted by Gasteiger charge is 2.36. The Balaban J connectivity index is 1.60. The largest absolute Gasteiger partial charge is 0.339 e. The van der Waals surface area contributed by atoms with Gasteiger partial charge in [-0.1, -0.05) is 19.8 Å². The second kappa shape index (κ2) is 6.46.